The number of aromatic hydroxyl groups is 1. The Hall–Kier alpha value is -1.74. The predicted octanol–water partition coefficient (Wildman–Crippen LogP) is 3.82. The molecule has 0 amide bonds. The van der Waals surface area contributed by atoms with E-state index in [1.54, 1.807) is 30.3 Å². The Kier molecular flexibility index (Phi) is 3.72. The predicted molar refractivity (Wildman–Crippen MR) is 71.6 cm³/mol. The van der Waals surface area contributed by atoms with Crippen molar-refractivity contribution in [2.45, 2.75) is 6.54 Å². The molecular weight excluding hydrogens is 253 g/mol. The summed E-state index contributed by atoms with van der Waals surface area (Å²) >= 11 is 5.89. The van der Waals surface area contributed by atoms with E-state index in [9.17, 15) is 9.50 Å². The summed E-state index contributed by atoms with van der Waals surface area (Å²) in [6.45, 7) is 0.498. The van der Waals surface area contributed by atoms with Crippen LogP contribution in [0.3, 0.4) is 0 Å². The molecule has 94 valence electrons. The molecule has 0 saturated heterocycles. The van der Waals surface area contributed by atoms with Gasteiger partial charge in [0, 0.05) is 29.9 Å². The molecule has 0 bridgehead atoms. The second kappa shape index (κ2) is 5.27. The molecule has 2 nitrogen and oxygen atoms in total. The van der Waals surface area contributed by atoms with Crippen molar-refractivity contribution < 1.29 is 9.50 Å². The number of hydrogen-bond acceptors (Lipinski definition) is 2. The van der Waals surface area contributed by atoms with Gasteiger partial charge in [-0.3, -0.25) is 0 Å². The highest BCUT2D eigenvalue weighted by Gasteiger charge is 2.07. The smallest absolute Gasteiger partial charge is 0.123 e. The van der Waals surface area contributed by atoms with Gasteiger partial charge in [-0.25, -0.2) is 4.39 Å². The first kappa shape index (κ1) is 12.7. The van der Waals surface area contributed by atoms with Crippen molar-refractivity contribution in [3.63, 3.8) is 0 Å². The van der Waals surface area contributed by atoms with Gasteiger partial charge in [0.05, 0.1) is 0 Å². The molecule has 2 rings (SSSR count). The Morgan fingerprint density at radius 3 is 2.50 bits per heavy atom. The van der Waals surface area contributed by atoms with E-state index in [1.165, 1.54) is 12.1 Å². The number of nitrogens with zero attached hydrogens (tertiary/aromatic N) is 1. The summed E-state index contributed by atoms with van der Waals surface area (Å²) in [5.41, 5.74) is 1.60. The second-order valence-electron chi connectivity index (χ2n) is 4.11. The lowest BCUT2D eigenvalue weighted by atomic mass is 10.2. The fraction of sp³-hybridized carbons (Fsp3) is 0.143. The molecule has 0 aliphatic carbocycles. The summed E-state index contributed by atoms with van der Waals surface area (Å²) in [4.78, 5) is 1.91. The Bertz CT molecular complexity index is 542. The lowest BCUT2D eigenvalue weighted by Gasteiger charge is -2.20. The van der Waals surface area contributed by atoms with Gasteiger partial charge in [-0.05, 0) is 42.5 Å². The van der Waals surface area contributed by atoms with Crippen LogP contribution in [0.25, 0.3) is 0 Å². The summed E-state index contributed by atoms with van der Waals surface area (Å²) in [6, 6.07) is 11.1. The third-order valence-corrected chi connectivity index (χ3v) is 2.95. The molecule has 2 aromatic carbocycles. The minimum atomic E-state index is -0.266. The van der Waals surface area contributed by atoms with Gasteiger partial charge in [-0.2, -0.15) is 0 Å². The minimum absolute atomic E-state index is 0.202. The zero-order valence-corrected chi connectivity index (χ0v) is 10.7. The van der Waals surface area contributed by atoms with E-state index < -0.39 is 0 Å². The van der Waals surface area contributed by atoms with Crippen molar-refractivity contribution in [1.29, 1.82) is 0 Å². The first-order valence-corrected chi connectivity index (χ1v) is 5.88. The van der Waals surface area contributed by atoms with Crippen molar-refractivity contribution in [3.05, 3.63) is 58.9 Å². The quantitative estimate of drug-likeness (QED) is 0.912. The van der Waals surface area contributed by atoms with Crippen molar-refractivity contribution in [2.24, 2.45) is 0 Å². The van der Waals surface area contributed by atoms with E-state index in [2.05, 4.69) is 0 Å². The van der Waals surface area contributed by atoms with E-state index in [4.69, 9.17) is 11.6 Å². The van der Waals surface area contributed by atoms with Crippen LogP contribution < -0.4 is 4.90 Å². The first-order chi connectivity index (χ1) is 8.56. The zero-order chi connectivity index (χ0) is 13.1. The topological polar surface area (TPSA) is 23.5 Å². The molecule has 2 aromatic rings. The van der Waals surface area contributed by atoms with Crippen LogP contribution in [0.5, 0.6) is 5.75 Å². The molecule has 18 heavy (non-hydrogen) atoms. The van der Waals surface area contributed by atoms with Crippen LogP contribution in [0.1, 0.15) is 5.56 Å². The van der Waals surface area contributed by atoms with E-state index in [1.807, 2.05) is 11.9 Å². The zero-order valence-electron chi connectivity index (χ0n) is 9.90. The van der Waals surface area contributed by atoms with Crippen molar-refractivity contribution >= 4 is 17.3 Å². The fourth-order valence-electron chi connectivity index (χ4n) is 1.72. The van der Waals surface area contributed by atoms with E-state index in [0.29, 0.717) is 11.6 Å². The van der Waals surface area contributed by atoms with Gasteiger partial charge in [0.25, 0.3) is 0 Å². The summed E-state index contributed by atoms with van der Waals surface area (Å²) in [6.07, 6.45) is 0. The molecule has 0 fully saturated rings. The molecule has 0 heterocycles. The number of halogens is 2. The normalized spacial score (nSPS) is 10.4. The van der Waals surface area contributed by atoms with Gasteiger partial charge >= 0.3 is 0 Å². The molecule has 0 aliphatic heterocycles. The Morgan fingerprint density at radius 2 is 1.83 bits per heavy atom. The molecule has 1 N–H and O–H groups in total. The Labute approximate surface area is 110 Å². The van der Waals surface area contributed by atoms with Crippen molar-refractivity contribution in [2.75, 3.05) is 11.9 Å². The lowest BCUT2D eigenvalue weighted by molar-refractivity contribution is 0.468. The van der Waals surface area contributed by atoms with Gasteiger partial charge in [0.2, 0.25) is 0 Å². The second-order valence-corrected chi connectivity index (χ2v) is 4.54. The van der Waals surface area contributed by atoms with Gasteiger partial charge < -0.3 is 10.0 Å². The maximum Gasteiger partial charge on any atom is 0.123 e. The molecule has 0 spiro atoms. The summed E-state index contributed by atoms with van der Waals surface area (Å²) in [7, 11) is 1.87. The van der Waals surface area contributed by atoms with Crippen LogP contribution in [0, 0.1) is 5.82 Å². The lowest BCUT2D eigenvalue weighted by Crippen LogP contribution is -2.16. The van der Waals surface area contributed by atoms with Gasteiger partial charge in [-0.15, -0.1) is 0 Å². The summed E-state index contributed by atoms with van der Waals surface area (Å²) in [5.74, 6) is -0.0638. The Balaban J connectivity index is 2.18. The highest BCUT2D eigenvalue weighted by Crippen LogP contribution is 2.24. The van der Waals surface area contributed by atoms with Crippen molar-refractivity contribution in [3.8, 4) is 5.75 Å². The van der Waals surface area contributed by atoms with Gasteiger partial charge in [0.15, 0.2) is 0 Å². The molecule has 0 unspecified atom stereocenters. The number of phenols is 1. The number of anilines is 1. The molecule has 0 radical (unpaired) electrons. The first-order valence-electron chi connectivity index (χ1n) is 5.50. The van der Waals surface area contributed by atoms with Crippen LogP contribution in [0.2, 0.25) is 5.02 Å². The highest BCUT2D eigenvalue weighted by atomic mass is 35.5. The number of phenolic OH excluding ortho intramolecular Hbond substituents is 1. The standard InChI is InChI=1S/C14H13ClFNO/c1-17(13-5-3-12(16)4-6-13)9-10-8-11(15)2-7-14(10)18/h2-8,18H,9H2,1H3. The number of benzene rings is 2. The van der Waals surface area contributed by atoms with E-state index in [-0.39, 0.29) is 11.6 Å². The summed E-state index contributed by atoms with van der Waals surface area (Å²) < 4.78 is 12.8. The van der Waals surface area contributed by atoms with Crippen LogP contribution in [-0.2, 0) is 6.54 Å². The third-order valence-electron chi connectivity index (χ3n) is 2.72. The van der Waals surface area contributed by atoms with Gasteiger partial charge in [0.1, 0.15) is 11.6 Å². The largest absolute Gasteiger partial charge is 0.508 e. The van der Waals surface area contributed by atoms with E-state index >= 15 is 0 Å². The van der Waals surface area contributed by atoms with Crippen LogP contribution in [-0.4, -0.2) is 12.2 Å². The van der Waals surface area contributed by atoms with Crippen LogP contribution >= 0.6 is 11.6 Å². The van der Waals surface area contributed by atoms with E-state index in [0.717, 1.165) is 11.3 Å². The third kappa shape index (κ3) is 2.93. The maximum atomic E-state index is 12.8. The molecule has 0 aliphatic rings. The molecule has 4 heteroatoms. The summed E-state index contributed by atoms with van der Waals surface area (Å²) in [5, 5.41) is 10.3. The average Bonchev–Trinajstić information content (AvgIpc) is 2.34. The molecule has 0 saturated carbocycles. The van der Waals surface area contributed by atoms with Crippen molar-refractivity contribution in [1.82, 2.24) is 0 Å². The Morgan fingerprint density at radius 1 is 1.17 bits per heavy atom. The highest BCUT2D eigenvalue weighted by molar-refractivity contribution is 6.30. The van der Waals surface area contributed by atoms with Crippen LogP contribution in [0.15, 0.2) is 42.5 Å². The average molecular weight is 266 g/mol. The SMILES string of the molecule is CN(Cc1cc(Cl)ccc1O)c1ccc(F)cc1. The maximum absolute atomic E-state index is 12.8. The minimum Gasteiger partial charge on any atom is -0.508 e. The molecule has 0 aromatic heterocycles. The monoisotopic (exact) mass is 265 g/mol. The molecule has 0 atom stereocenters. The fourth-order valence-corrected chi connectivity index (χ4v) is 1.92. The molecular formula is C14H13ClFNO. The van der Waals surface area contributed by atoms with Gasteiger partial charge in [-0.1, -0.05) is 11.6 Å². The number of rotatable bonds is 3. The van der Waals surface area contributed by atoms with Crippen LogP contribution in [0.4, 0.5) is 10.1 Å². The number of hydrogen-bond donors (Lipinski definition) is 1.